The van der Waals surface area contributed by atoms with E-state index < -0.39 is 17.2 Å². The fraction of sp³-hybridized carbons (Fsp3) is 0.500. The zero-order chi connectivity index (χ0) is 20.2. The molecule has 2 aromatic rings. The minimum Gasteiger partial charge on any atom is -0.353 e. The van der Waals surface area contributed by atoms with Gasteiger partial charge in [0.1, 0.15) is 0 Å². The highest BCUT2D eigenvalue weighted by Crippen LogP contribution is 2.42. The molecule has 2 heterocycles. The van der Waals surface area contributed by atoms with Crippen molar-refractivity contribution >= 4 is 5.91 Å². The average molecular weight is 398 g/mol. The highest BCUT2D eigenvalue weighted by molar-refractivity contribution is 5.95. The van der Waals surface area contributed by atoms with Gasteiger partial charge in [-0.1, -0.05) is 18.2 Å². The second-order valence-electron chi connectivity index (χ2n) is 7.81. The summed E-state index contributed by atoms with van der Waals surface area (Å²) in [5.74, 6) is 0.264. The molecule has 1 unspecified atom stereocenters. The Bertz CT molecular complexity index is 959. The number of rotatable bonds is 7. The molecule has 4 rings (SSSR count). The number of carbonyl (C=O) groups excluding carboxylic acids is 1. The van der Waals surface area contributed by atoms with E-state index >= 15 is 0 Å². The van der Waals surface area contributed by atoms with Crippen LogP contribution in [0, 0.1) is 11.8 Å². The summed E-state index contributed by atoms with van der Waals surface area (Å²) in [6.07, 6.45) is 6.58. The summed E-state index contributed by atoms with van der Waals surface area (Å²) in [4.78, 5) is 37.5. The fourth-order valence-electron chi connectivity index (χ4n) is 3.88. The lowest BCUT2D eigenvalue weighted by atomic mass is 10.2. The average Bonchev–Trinajstić information content (AvgIpc) is 3.49. The Hall–Kier alpha value is -2.51. The highest BCUT2D eigenvalue weighted by Gasteiger charge is 2.37. The molecule has 154 valence electrons. The molecule has 1 aliphatic heterocycles. The van der Waals surface area contributed by atoms with Crippen LogP contribution in [0.3, 0.4) is 0 Å². The fourth-order valence-corrected chi connectivity index (χ4v) is 3.88. The van der Waals surface area contributed by atoms with Crippen molar-refractivity contribution in [3.63, 3.8) is 0 Å². The van der Waals surface area contributed by atoms with Crippen molar-refractivity contribution in [3.05, 3.63) is 69.0 Å². The molecule has 2 aliphatic rings. The van der Waals surface area contributed by atoms with Crippen molar-refractivity contribution in [3.8, 4) is 0 Å². The normalized spacial score (nSPS) is 23.7. The topological polar surface area (TPSA) is 79.5 Å². The van der Waals surface area contributed by atoms with Crippen LogP contribution < -0.4 is 11.2 Å². The number of aromatic nitrogens is 2. The van der Waals surface area contributed by atoms with Gasteiger partial charge in [-0.2, -0.15) is 4.57 Å². The quantitative estimate of drug-likeness (QED) is 0.715. The third-order valence-electron chi connectivity index (χ3n) is 5.71. The number of carbonyl (C=O) groups is 1. The number of benzene rings is 1. The van der Waals surface area contributed by atoms with Crippen LogP contribution in [0.5, 0.6) is 0 Å². The number of hydrogen-bond donors (Lipinski definition) is 0. The molecule has 1 saturated heterocycles. The van der Waals surface area contributed by atoms with E-state index in [9.17, 15) is 14.4 Å². The molecule has 0 spiro atoms. The summed E-state index contributed by atoms with van der Waals surface area (Å²) >= 11 is 0. The Balaban J connectivity index is 1.36. The molecule has 2 fully saturated rings. The van der Waals surface area contributed by atoms with Gasteiger partial charge >= 0.3 is 5.69 Å². The van der Waals surface area contributed by atoms with Gasteiger partial charge in [-0.15, -0.1) is 0 Å². The smallest absolute Gasteiger partial charge is 0.338 e. The van der Waals surface area contributed by atoms with Crippen molar-refractivity contribution < 1.29 is 14.3 Å². The van der Waals surface area contributed by atoms with Crippen LogP contribution in [-0.4, -0.2) is 34.5 Å². The predicted molar refractivity (Wildman–Crippen MR) is 107 cm³/mol. The molecule has 7 heteroatoms. The molecule has 1 aromatic heterocycles. The molecule has 0 bridgehead atoms. The van der Waals surface area contributed by atoms with Crippen LogP contribution in [0.25, 0.3) is 0 Å². The van der Waals surface area contributed by atoms with Crippen LogP contribution in [0.15, 0.2) is 52.2 Å². The standard InChI is InChI=1S/C22H26N2O5/c25-19-9-11-23(22(27)24(19)21(26)16-6-2-1-3-7-16)15-18-14-17(18)10-13-29-20-8-4-5-12-28-20/h1-3,6-7,9,11,17-18,20H,4-5,8,10,12-15H2/t17-,18+,20?/m0/s1. The second kappa shape index (κ2) is 8.88. The minimum absolute atomic E-state index is 0.0730. The lowest BCUT2D eigenvalue weighted by molar-refractivity contribution is -0.163. The summed E-state index contributed by atoms with van der Waals surface area (Å²) in [6, 6.07) is 9.66. The minimum atomic E-state index is -0.603. The first kappa shape index (κ1) is 19.8. The number of hydrogen-bond acceptors (Lipinski definition) is 5. The molecule has 3 atom stereocenters. The Labute approximate surface area is 168 Å². The van der Waals surface area contributed by atoms with Crippen molar-refractivity contribution in [1.82, 2.24) is 9.13 Å². The molecule has 1 saturated carbocycles. The summed E-state index contributed by atoms with van der Waals surface area (Å²) in [6.45, 7) is 1.94. The first-order valence-corrected chi connectivity index (χ1v) is 10.3. The van der Waals surface area contributed by atoms with Gasteiger partial charge in [0.05, 0.1) is 6.61 Å². The molecule has 29 heavy (non-hydrogen) atoms. The Morgan fingerprint density at radius 1 is 1.10 bits per heavy atom. The van der Waals surface area contributed by atoms with Gasteiger partial charge in [0.15, 0.2) is 6.29 Å². The lowest BCUT2D eigenvalue weighted by Crippen LogP contribution is -2.43. The molecule has 1 aromatic carbocycles. The van der Waals surface area contributed by atoms with Crippen molar-refractivity contribution in [1.29, 1.82) is 0 Å². The lowest BCUT2D eigenvalue weighted by Gasteiger charge is -2.22. The molecule has 7 nitrogen and oxygen atoms in total. The van der Waals surface area contributed by atoms with E-state index in [1.807, 2.05) is 0 Å². The van der Waals surface area contributed by atoms with Gasteiger partial charge in [-0.05, 0) is 56.1 Å². The van der Waals surface area contributed by atoms with E-state index in [0.29, 0.717) is 30.6 Å². The van der Waals surface area contributed by atoms with E-state index in [0.717, 1.165) is 43.3 Å². The first-order chi connectivity index (χ1) is 14.1. The largest absolute Gasteiger partial charge is 0.353 e. The monoisotopic (exact) mass is 398 g/mol. The SMILES string of the molecule is O=C(c1ccccc1)n1c(=O)ccn(C[C@H]2C[C@@H]2CCOC2CCCCO2)c1=O. The van der Waals surface area contributed by atoms with Crippen molar-refractivity contribution in [2.24, 2.45) is 11.8 Å². The predicted octanol–water partition coefficient (Wildman–Crippen LogP) is 2.27. The zero-order valence-electron chi connectivity index (χ0n) is 16.4. The van der Waals surface area contributed by atoms with Gasteiger partial charge in [0.2, 0.25) is 0 Å². The van der Waals surface area contributed by atoms with Crippen molar-refractivity contribution in [2.75, 3.05) is 13.2 Å². The number of ether oxygens (including phenoxy) is 2. The molecular weight excluding hydrogens is 372 g/mol. The third kappa shape index (κ3) is 4.74. The summed E-state index contributed by atoms with van der Waals surface area (Å²) < 4.78 is 13.5. The molecular formula is C22H26N2O5. The zero-order valence-corrected chi connectivity index (χ0v) is 16.4. The maximum absolute atomic E-state index is 12.8. The van der Waals surface area contributed by atoms with E-state index in [1.165, 1.54) is 16.8 Å². The number of nitrogens with zero attached hydrogens (tertiary/aromatic N) is 2. The van der Waals surface area contributed by atoms with Crippen LogP contribution in [-0.2, 0) is 16.0 Å². The van der Waals surface area contributed by atoms with E-state index in [2.05, 4.69) is 0 Å². The van der Waals surface area contributed by atoms with Gasteiger partial charge in [-0.3, -0.25) is 14.2 Å². The van der Waals surface area contributed by atoms with Gasteiger partial charge in [-0.25, -0.2) is 4.79 Å². The Morgan fingerprint density at radius 3 is 2.69 bits per heavy atom. The van der Waals surface area contributed by atoms with Crippen molar-refractivity contribution in [2.45, 2.75) is 44.9 Å². The maximum Gasteiger partial charge on any atom is 0.338 e. The molecule has 1 aliphatic carbocycles. The van der Waals surface area contributed by atoms with E-state index in [1.54, 1.807) is 30.3 Å². The summed E-state index contributed by atoms with van der Waals surface area (Å²) in [7, 11) is 0. The van der Waals surface area contributed by atoms with Crippen LogP contribution in [0.2, 0.25) is 0 Å². The van der Waals surface area contributed by atoms with E-state index in [-0.39, 0.29) is 6.29 Å². The second-order valence-corrected chi connectivity index (χ2v) is 7.81. The van der Waals surface area contributed by atoms with Crippen LogP contribution in [0.1, 0.15) is 42.5 Å². The molecule has 0 N–H and O–H groups in total. The van der Waals surface area contributed by atoms with Gasteiger partial charge in [0.25, 0.3) is 11.5 Å². The van der Waals surface area contributed by atoms with Crippen LogP contribution >= 0.6 is 0 Å². The van der Waals surface area contributed by atoms with Gasteiger partial charge in [0, 0.05) is 31.0 Å². The third-order valence-corrected chi connectivity index (χ3v) is 5.71. The summed E-state index contributed by atoms with van der Waals surface area (Å²) in [5, 5.41) is 0. The highest BCUT2D eigenvalue weighted by atomic mass is 16.7. The van der Waals surface area contributed by atoms with E-state index in [4.69, 9.17) is 9.47 Å². The maximum atomic E-state index is 12.8. The molecule has 0 amide bonds. The molecule has 0 radical (unpaired) electrons. The van der Waals surface area contributed by atoms with Gasteiger partial charge < -0.3 is 9.47 Å². The summed E-state index contributed by atoms with van der Waals surface area (Å²) in [5.41, 5.74) is -0.868. The van der Waals surface area contributed by atoms with Crippen LogP contribution in [0.4, 0.5) is 0 Å². The first-order valence-electron chi connectivity index (χ1n) is 10.3. The Kier molecular flexibility index (Phi) is 6.06. The Morgan fingerprint density at radius 2 is 1.93 bits per heavy atom.